The molecule has 1 atom stereocenters. The molecule has 0 aliphatic carbocycles. The van der Waals surface area contributed by atoms with Crippen molar-refractivity contribution < 1.29 is 28.6 Å². The first kappa shape index (κ1) is 71.1. The Morgan fingerprint density at radius 2 is 0.527 bits per heavy atom. The van der Waals surface area contributed by atoms with Crippen LogP contribution >= 0.6 is 0 Å². The Balaban J connectivity index is 3.90. The van der Waals surface area contributed by atoms with E-state index in [0.29, 0.717) is 19.3 Å². The van der Waals surface area contributed by atoms with Crippen LogP contribution in [0.4, 0.5) is 0 Å². The third-order valence-corrected chi connectivity index (χ3v) is 14.3. The fraction of sp³-hybridized carbons (Fsp3) is 0.809. The van der Waals surface area contributed by atoms with Gasteiger partial charge in [0.25, 0.3) is 0 Å². The molecule has 0 bridgehead atoms. The van der Waals surface area contributed by atoms with Gasteiger partial charge < -0.3 is 14.2 Å². The van der Waals surface area contributed by atoms with Crippen molar-refractivity contribution in [2.45, 2.75) is 341 Å². The van der Waals surface area contributed by atoms with E-state index in [2.05, 4.69) is 81.5 Å². The van der Waals surface area contributed by atoms with Crippen molar-refractivity contribution in [2.24, 2.45) is 0 Å². The average Bonchev–Trinajstić information content (AvgIpc) is 3.40. The van der Waals surface area contributed by atoms with Gasteiger partial charge in [0.15, 0.2) is 6.10 Å². The highest BCUT2D eigenvalue weighted by atomic mass is 16.6. The van der Waals surface area contributed by atoms with Crippen molar-refractivity contribution in [2.75, 3.05) is 13.2 Å². The number of ether oxygens (including phenoxy) is 3. The Morgan fingerprint density at radius 3 is 0.824 bits per heavy atom. The first-order valence-electron chi connectivity index (χ1n) is 32.3. The third kappa shape index (κ3) is 60.0. The second kappa shape index (κ2) is 62.6. The van der Waals surface area contributed by atoms with Gasteiger partial charge in [-0.2, -0.15) is 0 Å². The van der Waals surface area contributed by atoms with Crippen LogP contribution in [0.5, 0.6) is 0 Å². The summed E-state index contributed by atoms with van der Waals surface area (Å²) >= 11 is 0. The maximum absolute atomic E-state index is 12.8. The predicted molar refractivity (Wildman–Crippen MR) is 321 cm³/mol. The SMILES string of the molecule is CC/C=C\C/C=C\C/C=C\CCCCCCCC(=O)OC(COC(=O)CCCCCCCC)COC(=O)CCCCCCCCCCCCCCCCCCCCCCCCC/C=C\C/C=C\CCCCCCC. The molecule has 0 saturated heterocycles. The summed E-state index contributed by atoms with van der Waals surface area (Å²) in [4.78, 5) is 37.9. The zero-order chi connectivity index (χ0) is 53.6. The molecule has 430 valence electrons. The monoisotopic (exact) mass is 1030 g/mol. The van der Waals surface area contributed by atoms with Crippen molar-refractivity contribution in [3.05, 3.63) is 60.8 Å². The minimum absolute atomic E-state index is 0.0777. The van der Waals surface area contributed by atoms with E-state index in [1.807, 2.05) is 0 Å². The molecule has 0 rings (SSSR count). The summed E-state index contributed by atoms with van der Waals surface area (Å²) in [6.45, 7) is 6.47. The summed E-state index contributed by atoms with van der Waals surface area (Å²) in [5, 5.41) is 0. The molecule has 6 heteroatoms. The number of hydrogen-bond donors (Lipinski definition) is 0. The van der Waals surface area contributed by atoms with Crippen LogP contribution in [0.3, 0.4) is 0 Å². The standard InChI is InChI=1S/C68H122O6/c1-4-7-10-13-16-18-20-22-24-25-26-27-28-29-30-31-32-33-34-35-36-37-38-39-40-41-42-43-45-46-48-50-52-55-58-61-67(70)73-64-65(63-72-66(69)60-57-54-15-12-9-6-3)74-68(71)62-59-56-53-51-49-47-44-23-21-19-17-14-11-8-5-2/h8,11,17,19-20,22-23,25-26,44,65H,4-7,9-10,12-16,18,21,24,27-43,45-64H2,1-3H3/b11-8-,19-17-,22-20-,26-25-,44-23-. The molecule has 0 aromatic rings. The van der Waals surface area contributed by atoms with Gasteiger partial charge >= 0.3 is 17.9 Å². The van der Waals surface area contributed by atoms with Crippen molar-refractivity contribution in [1.82, 2.24) is 0 Å². The fourth-order valence-corrected chi connectivity index (χ4v) is 9.43. The van der Waals surface area contributed by atoms with Crippen molar-refractivity contribution >= 4 is 17.9 Å². The van der Waals surface area contributed by atoms with Crippen LogP contribution in [0, 0.1) is 0 Å². The number of unbranched alkanes of at least 4 members (excludes halogenated alkanes) is 38. The second-order valence-corrected chi connectivity index (χ2v) is 21.6. The maximum atomic E-state index is 12.8. The summed E-state index contributed by atoms with van der Waals surface area (Å²) < 4.78 is 16.8. The maximum Gasteiger partial charge on any atom is 0.306 e. The molecular formula is C68H122O6. The minimum Gasteiger partial charge on any atom is -0.462 e. The van der Waals surface area contributed by atoms with Gasteiger partial charge in [-0.3, -0.25) is 14.4 Å². The zero-order valence-corrected chi connectivity index (χ0v) is 49.4. The van der Waals surface area contributed by atoms with Crippen molar-refractivity contribution in [3.8, 4) is 0 Å². The number of esters is 3. The van der Waals surface area contributed by atoms with E-state index in [1.54, 1.807) is 0 Å². The van der Waals surface area contributed by atoms with E-state index in [1.165, 1.54) is 193 Å². The van der Waals surface area contributed by atoms with Crippen molar-refractivity contribution in [3.63, 3.8) is 0 Å². The molecule has 0 aliphatic heterocycles. The molecule has 0 aromatic heterocycles. The van der Waals surface area contributed by atoms with Gasteiger partial charge in [-0.05, 0) is 83.5 Å². The molecule has 0 aromatic carbocycles. The van der Waals surface area contributed by atoms with Crippen LogP contribution in [0.1, 0.15) is 335 Å². The van der Waals surface area contributed by atoms with Crippen LogP contribution in [0.15, 0.2) is 60.8 Å². The molecule has 0 saturated carbocycles. The van der Waals surface area contributed by atoms with Crippen molar-refractivity contribution in [1.29, 1.82) is 0 Å². The lowest BCUT2D eigenvalue weighted by Gasteiger charge is -2.18. The highest BCUT2D eigenvalue weighted by Gasteiger charge is 2.19. The summed E-state index contributed by atoms with van der Waals surface area (Å²) in [6.07, 6.45) is 80.1. The molecule has 0 N–H and O–H groups in total. The zero-order valence-electron chi connectivity index (χ0n) is 49.4. The first-order valence-corrected chi connectivity index (χ1v) is 32.3. The summed E-state index contributed by atoms with van der Waals surface area (Å²) in [5.41, 5.74) is 0. The summed E-state index contributed by atoms with van der Waals surface area (Å²) in [5.74, 6) is -0.892. The average molecular weight is 1040 g/mol. The van der Waals surface area contributed by atoms with E-state index in [-0.39, 0.29) is 31.1 Å². The lowest BCUT2D eigenvalue weighted by Crippen LogP contribution is -2.30. The Bertz CT molecular complexity index is 1330. The van der Waals surface area contributed by atoms with E-state index in [9.17, 15) is 14.4 Å². The van der Waals surface area contributed by atoms with Crippen LogP contribution in [0.2, 0.25) is 0 Å². The van der Waals surface area contributed by atoms with Crippen LogP contribution in [-0.4, -0.2) is 37.2 Å². The van der Waals surface area contributed by atoms with Crippen LogP contribution in [0.25, 0.3) is 0 Å². The summed E-state index contributed by atoms with van der Waals surface area (Å²) in [7, 11) is 0. The van der Waals surface area contributed by atoms with Gasteiger partial charge in [-0.15, -0.1) is 0 Å². The minimum atomic E-state index is -0.778. The Hall–Kier alpha value is -2.89. The number of carbonyl (C=O) groups is 3. The quantitative estimate of drug-likeness (QED) is 0.0261. The van der Waals surface area contributed by atoms with Gasteiger partial charge in [0.05, 0.1) is 0 Å². The van der Waals surface area contributed by atoms with Gasteiger partial charge in [0, 0.05) is 19.3 Å². The van der Waals surface area contributed by atoms with Gasteiger partial charge in [-0.1, -0.05) is 293 Å². The number of hydrogen-bond acceptors (Lipinski definition) is 6. The van der Waals surface area contributed by atoms with Gasteiger partial charge in [0.1, 0.15) is 13.2 Å². The normalized spacial score (nSPS) is 12.4. The smallest absolute Gasteiger partial charge is 0.306 e. The molecule has 74 heavy (non-hydrogen) atoms. The number of rotatable bonds is 59. The molecule has 0 radical (unpaired) electrons. The fourth-order valence-electron chi connectivity index (χ4n) is 9.43. The van der Waals surface area contributed by atoms with Crippen LogP contribution in [-0.2, 0) is 28.6 Å². The molecule has 0 amide bonds. The summed E-state index contributed by atoms with van der Waals surface area (Å²) in [6, 6.07) is 0. The largest absolute Gasteiger partial charge is 0.462 e. The lowest BCUT2D eigenvalue weighted by atomic mass is 10.0. The number of carbonyl (C=O) groups excluding carboxylic acids is 3. The van der Waals surface area contributed by atoms with E-state index in [4.69, 9.17) is 14.2 Å². The van der Waals surface area contributed by atoms with E-state index < -0.39 is 6.10 Å². The Kier molecular flexibility index (Phi) is 60.2. The Labute approximate surface area is 460 Å². The second-order valence-electron chi connectivity index (χ2n) is 21.6. The Morgan fingerprint density at radius 1 is 0.284 bits per heavy atom. The molecule has 0 fully saturated rings. The highest BCUT2D eigenvalue weighted by Crippen LogP contribution is 2.17. The molecule has 1 unspecified atom stereocenters. The molecule has 0 aliphatic rings. The van der Waals surface area contributed by atoms with E-state index >= 15 is 0 Å². The van der Waals surface area contributed by atoms with Crippen LogP contribution < -0.4 is 0 Å². The third-order valence-electron chi connectivity index (χ3n) is 14.3. The van der Waals surface area contributed by atoms with E-state index in [0.717, 1.165) is 103 Å². The molecule has 0 heterocycles. The molecule has 0 spiro atoms. The molecule has 6 nitrogen and oxygen atoms in total. The topological polar surface area (TPSA) is 78.9 Å². The highest BCUT2D eigenvalue weighted by molar-refractivity contribution is 5.71. The molecular weight excluding hydrogens is 913 g/mol. The van der Waals surface area contributed by atoms with Gasteiger partial charge in [-0.25, -0.2) is 0 Å². The first-order chi connectivity index (χ1) is 36.5. The number of allylic oxidation sites excluding steroid dienone is 10. The lowest BCUT2D eigenvalue weighted by molar-refractivity contribution is -0.167. The van der Waals surface area contributed by atoms with Gasteiger partial charge in [0.2, 0.25) is 0 Å². The predicted octanol–water partition coefficient (Wildman–Crippen LogP) is 21.9.